The molecule has 50 heavy (non-hydrogen) atoms. The van der Waals surface area contributed by atoms with Crippen LogP contribution in [-0.2, 0) is 65.4 Å². The highest BCUT2D eigenvalue weighted by atomic mass is 16.6. The molecule has 3 N–H and O–H groups in total. The molecule has 0 spiro atoms. The zero-order chi connectivity index (χ0) is 35.5. The van der Waals surface area contributed by atoms with Crippen LogP contribution in [0.5, 0.6) is 0 Å². The average Bonchev–Trinajstić information content (AvgIpc) is 3.72. The van der Waals surface area contributed by atoms with Crippen LogP contribution in [0.25, 0.3) is 0 Å². The summed E-state index contributed by atoms with van der Waals surface area (Å²) in [6.45, 7) is 9.72. The van der Waals surface area contributed by atoms with Gasteiger partial charge in [0.25, 0.3) is 11.8 Å². The van der Waals surface area contributed by atoms with E-state index in [1.165, 1.54) is 17.1 Å². The topological polar surface area (TPSA) is 197 Å². The van der Waals surface area contributed by atoms with Gasteiger partial charge in [-0.1, -0.05) is 5.21 Å². The molecule has 1 fully saturated rings. The van der Waals surface area contributed by atoms with E-state index in [9.17, 15) is 14.4 Å². The lowest BCUT2D eigenvalue weighted by Crippen LogP contribution is -2.38. The highest BCUT2D eigenvalue weighted by Crippen LogP contribution is 2.30. The third-order valence-corrected chi connectivity index (χ3v) is 7.92. The van der Waals surface area contributed by atoms with Crippen molar-refractivity contribution in [2.75, 3.05) is 119 Å². The molecule has 2 aliphatic rings. The zero-order valence-corrected chi connectivity index (χ0v) is 29.2. The molecule has 3 amide bonds. The molecule has 1 aromatic rings. The van der Waals surface area contributed by atoms with Gasteiger partial charge in [0.2, 0.25) is 5.91 Å². The van der Waals surface area contributed by atoms with Gasteiger partial charge >= 0.3 is 0 Å². The maximum atomic E-state index is 12.7. The second-order valence-electron chi connectivity index (χ2n) is 11.7. The molecule has 1 aromatic heterocycles. The van der Waals surface area contributed by atoms with Gasteiger partial charge in [0.05, 0.1) is 125 Å². The fourth-order valence-electron chi connectivity index (χ4n) is 5.21. The summed E-state index contributed by atoms with van der Waals surface area (Å²) in [5.41, 5.74) is 6.01. The molecule has 17 nitrogen and oxygen atoms in total. The Morgan fingerprint density at radius 2 is 1.12 bits per heavy atom. The van der Waals surface area contributed by atoms with Gasteiger partial charge in [-0.15, -0.1) is 5.10 Å². The molecule has 284 valence electrons. The number of hydrogen-bond donors (Lipinski definition) is 2. The second kappa shape index (κ2) is 26.9. The lowest BCUT2D eigenvalue weighted by Gasteiger charge is -2.29. The predicted octanol–water partition coefficient (Wildman–Crippen LogP) is -0.283. The predicted molar refractivity (Wildman–Crippen MR) is 179 cm³/mol. The lowest BCUT2D eigenvalue weighted by atomic mass is 9.81. The third kappa shape index (κ3) is 18.4. The molecule has 0 saturated heterocycles. The maximum Gasteiger partial charge on any atom is 0.253 e. The first kappa shape index (κ1) is 41.5. The van der Waals surface area contributed by atoms with Crippen LogP contribution in [0, 0.1) is 11.8 Å². The molecule has 0 atom stereocenters. The van der Waals surface area contributed by atoms with Gasteiger partial charge in [-0.3, -0.25) is 19.3 Å². The minimum Gasteiger partial charge on any atom is -0.378 e. The first-order valence-corrected chi connectivity index (χ1v) is 17.6. The quantitative estimate of drug-likeness (QED) is 0.0753. The van der Waals surface area contributed by atoms with E-state index in [1.54, 1.807) is 10.9 Å². The number of carbonyl (C=O) groups excluding carboxylic acids is 3. The molecule has 17 heteroatoms. The summed E-state index contributed by atoms with van der Waals surface area (Å²) in [6.07, 6.45) is 7.49. The molecule has 1 aliphatic heterocycles. The molecule has 0 aromatic carbocycles. The number of hydrogen-bond acceptors (Lipinski definition) is 14. The van der Waals surface area contributed by atoms with Crippen LogP contribution in [0.4, 0.5) is 0 Å². The van der Waals surface area contributed by atoms with Crippen LogP contribution in [-0.4, -0.2) is 156 Å². The van der Waals surface area contributed by atoms with Crippen LogP contribution < -0.4 is 11.1 Å². The molecule has 2 heterocycles. The van der Waals surface area contributed by atoms with E-state index >= 15 is 0 Å². The normalized spacial score (nSPS) is 17.7. The standard InChI is InChI=1S/C33H56N6O11/c34-7-9-43-11-13-45-15-17-47-19-21-49-23-24-50-22-20-48-18-16-46-14-12-44-10-8-38-27-30(36-37-38)25-35-33(42)29-3-1-28(2-4-29)26-39-31(40)5-6-32(39)41/h5-6,27-29H,1-4,7-26,34H2,(H,35,42). The van der Waals surface area contributed by atoms with Crippen molar-refractivity contribution in [1.82, 2.24) is 25.2 Å². The average molecular weight is 713 g/mol. The van der Waals surface area contributed by atoms with E-state index in [1.807, 2.05) is 0 Å². The monoisotopic (exact) mass is 712 g/mol. The number of nitrogens with two attached hydrogens (primary N) is 1. The van der Waals surface area contributed by atoms with E-state index in [0.717, 1.165) is 25.7 Å². The highest BCUT2D eigenvalue weighted by Gasteiger charge is 2.31. The first-order chi connectivity index (χ1) is 24.6. The summed E-state index contributed by atoms with van der Waals surface area (Å²) in [7, 11) is 0. The zero-order valence-electron chi connectivity index (χ0n) is 29.2. The number of nitrogens with zero attached hydrogens (tertiary/aromatic N) is 4. The second-order valence-corrected chi connectivity index (χ2v) is 11.7. The van der Waals surface area contributed by atoms with E-state index in [2.05, 4.69) is 15.6 Å². The molecule has 0 radical (unpaired) electrons. The summed E-state index contributed by atoms with van der Waals surface area (Å²) in [6, 6.07) is 0. The van der Waals surface area contributed by atoms with Gasteiger partial charge < -0.3 is 48.9 Å². The van der Waals surface area contributed by atoms with Crippen LogP contribution in [0.15, 0.2) is 18.3 Å². The van der Waals surface area contributed by atoms with Gasteiger partial charge in [-0.05, 0) is 31.6 Å². The van der Waals surface area contributed by atoms with Gasteiger partial charge in [-0.2, -0.15) is 0 Å². The fraction of sp³-hybridized carbons (Fsp3) is 0.788. The number of carbonyl (C=O) groups is 3. The van der Waals surface area contributed by atoms with Crippen LogP contribution in [0.3, 0.4) is 0 Å². The Kier molecular flexibility index (Phi) is 22.3. The Hall–Kier alpha value is -2.87. The van der Waals surface area contributed by atoms with E-state index < -0.39 is 0 Å². The fourth-order valence-corrected chi connectivity index (χ4v) is 5.21. The van der Waals surface area contributed by atoms with Crippen LogP contribution >= 0.6 is 0 Å². The van der Waals surface area contributed by atoms with Crippen LogP contribution in [0.2, 0.25) is 0 Å². The number of nitrogens with one attached hydrogen (secondary N) is 1. The van der Waals surface area contributed by atoms with Gasteiger partial charge in [0.15, 0.2) is 0 Å². The largest absolute Gasteiger partial charge is 0.378 e. The van der Waals surface area contributed by atoms with Crippen molar-refractivity contribution in [3.8, 4) is 0 Å². The summed E-state index contributed by atoms with van der Waals surface area (Å²) in [4.78, 5) is 37.5. The number of ether oxygens (including phenoxy) is 8. The summed E-state index contributed by atoms with van der Waals surface area (Å²) >= 11 is 0. The molecule has 3 rings (SSSR count). The Labute approximate surface area is 294 Å². The van der Waals surface area contributed by atoms with Gasteiger partial charge in [0.1, 0.15) is 5.69 Å². The number of imide groups is 1. The highest BCUT2D eigenvalue weighted by molar-refractivity contribution is 6.12. The Morgan fingerprint density at radius 3 is 1.58 bits per heavy atom. The van der Waals surface area contributed by atoms with Crippen molar-refractivity contribution in [3.63, 3.8) is 0 Å². The van der Waals surface area contributed by atoms with Crippen LogP contribution in [0.1, 0.15) is 31.4 Å². The Morgan fingerprint density at radius 1 is 0.680 bits per heavy atom. The van der Waals surface area contributed by atoms with Crippen molar-refractivity contribution in [2.24, 2.45) is 17.6 Å². The van der Waals surface area contributed by atoms with Crippen molar-refractivity contribution >= 4 is 17.7 Å². The summed E-state index contributed by atoms with van der Waals surface area (Å²) in [5, 5.41) is 11.2. The Balaban J connectivity index is 1.03. The molecular weight excluding hydrogens is 656 g/mol. The maximum absolute atomic E-state index is 12.7. The molecule has 1 saturated carbocycles. The molecule has 0 unspecified atom stereocenters. The minimum atomic E-state index is -0.253. The minimum absolute atomic E-state index is 0.00529. The molecular formula is C33H56N6O11. The Bertz CT molecular complexity index is 1080. The van der Waals surface area contributed by atoms with Crippen molar-refractivity contribution in [3.05, 3.63) is 24.0 Å². The lowest BCUT2D eigenvalue weighted by molar-refractivity contribution is -0.138. The molecule has 1 aliphatic carbocycles. The third-order valence-electron chi connectivity index (χ3n) is 7.92. The van der Waals surface area contributed by atoms with Crippen molar-refractivity contribution in [2.45, 2.75) is 38.8 Å². The van der Waals surface area contributed by atoms with E-state index in [4.69, 9.17) is 43.6 Å². The summed E-state index contributed by atoms with van der Waals surface area (Å²) in [5.74, 6) is -0.357. The number of amides is 3. The number of aromatic nitrogens is 3. The number of rotatable bonds is 31. The first-order valence-electron chi connectivity index (χ1n) is 17.6. The van der Waals surface area contributed by atoms with E-state index in [0.29, 0.717) is 138 Å². The smallest absolute Gasteiger partial charge is 0.253 e. The van der Waals surface area contributed by atoms with Crippen molar-refractivity contribution < 1.29 is 52.3 Å². The van der Waals surface area contributed by atoms with Gasteiger partial charge in [0, 0.05) is 31.2 Å². The van der Waals surface area contributed by atoms with E-state index in [-0.39, 0.29) is 29.6 Å². The summed E-state index contributed by atoms with van der Waals surface area (Å²) < 4.78 is 45.2. The molecule has 0 bridgehead atoms. The van der Waals surface area contributed by atoms with Crippen molar-refractivity contribution in [1.29, 1.82) is 0 Å². The van der Waals surface area contributed by atoms with Gasteiger partial charge in [-0.25, -0.2) is 4.68 Å². The SMILES string of the molecule is NCCOCCOCCOCCOCCOCCOCCOCCOCCn1cc(CNC(=O)C2CCC(CN3C(=O)C=CC3=O)CC2)nn1.